The molecule has 2 heterocycles. The number of amides is 1. The van der Waals surface area contributed by atoms with Crippen molar-refractivity contribution in [2.24, 2.45) is 0 Å². The van der Waals surface area contributed by atoms with Gasteiger partial charge in [0.25, 0.3) is 5.91 Å². The smallest absolute Gasteiger partial charge is 0.277 e. The molecule has 0 radical (unpaired) electrons. The van der Waals surface area contributed by atoms with Gasteiger partial charge in [-0.1, -0.05) is 43.3 Å². The lowest BCUT2D eigenvalue weighted by atomic mass is 9.93. The first-order valence-electron chi connectivity index (χ1n) is 16.3. The molecule has 1 fully saturated rings. The van der Waals surface area contributed by atoms with E-state index in [1.807, 2.05) is 73.3 Å². The first-order valence-corrected chi connectivity index (χ1v) is 16.3. The zero-order valence-electron chi connectivity index (χ0n) is 29.2. The molecule has 0 saturated carbocycles. The molecule has 8 heteroatoms. The van der Waals surface area contributed by atoms with E-state index < -0.39 is 11.1 Å². The van der Waals surface area contributed by atoms with Gasteiger partial charge in [-0.15, -0.1) is 0 Å². The van der Waals surface area contributed by atoms with Gasteiger partial charge >= 0.3 is 0 Å². The van der Waals surface area contributed by atoms with E-state index in [4.69, 9.17) is 18.7 Å². The Kier molecular flexibility index (Phi) is 10.7. The van der Waals surface area contributed by atoms with Gasteiger partial charge in [-0.3, -0.25) is 9.69 Å². The monoisotopic (exact) mass is 619 g/mol. The second-order valence-electron chi connectivity index (χ2n) is 14.5. The van der Waals surface area contributed by atoms with Crippen molar-refractivity contribution in [3.8, 4) is 33.9 Å². The molecule has 0 atom stereocenters. The van der Waals surface area contributed by atoms with E-state index in [0.717, 1.165) is 55.3 Å². The molecular weight excluding hydrogens is 566 g/mol. The average Bonchev–Trinajstić information content (AvgIpc) is 3.37. The van der Waals surface area contributed by atoms with E-state index in [1.165, 1.54) is 5.56 Å². The van der Waals surface area contributed by atoms with Crippen LogP contribution in [0.3, 0.4) is 0 Å². The molecule has 246 valence electrons. The van der Waals surface area contributed by atoms with Gasteiger partial charge in [0, 0.05) is 37.8 Å². The van der Waals surface area contributed by atoms with E-state index >= 15 is 0 Å². The molecule has 1 aromatic heterocycles. The normalized spacial score (nSPS) is 14.7. The molecule has 0 spiro atoms. The molecule has 0 bridgehead atoms. The molecule has 0 N–H and O–H groups in total. The minimum absolute atomic E-state index is 0.0976. The minimum Gasteiger partial charge on any atom is -0.490 e. The Labute approximate surface area is 270 Å². The number of aromatic nitrogens is 1. The van der Waals surface area contributed by atoms with Crippen LogP contribution in [0.25, 0.3) is 22.5 Å². The maximum absolute atomic E-state index is 14.2. The first-order chi connectivity index (χ1) is 21.1. The molecule has 1 aliphatic heterocycles. The third-order valence-corrected chi connectivity index (χ3v) is 7.78. The molecule has 0 aliphatic carbocycles. The third kappa shape index (κ3) is 8.47. The van der Waals surface area contributed by atoms with Crippen molar-refractivity contribution in [3.05, 3.63) is 53.2 Å². The summed E-state index contributed by atoms with van der Waals surface area (Å²) in [5, 5.41) is 4.47. The molecule has 0 unspecified atom stereocenters. The maximum Gasteiger partial charge on any atom is 0.277 e. The quantitative estimate of drug-likeness (QED) is 0.226. The Hall–Kier alpha value is -3.36. The Morgan fingerprint density at radius 1 is 0.978 bits per heavy atom. The molecule has 1 saturated heterocycles. The summed E-state index contributed by atoms with van der Waals surface area (Å²) in [6.45, 7) is 27.2. The molecule has 3 aromatic rings. The topological polar surface area (TPSA) is 77.3 Å². The van der Waals surface area contributed by atoms with Gasteiger partial charge in [0.2, 0.25) is 0 Å². The van der Waals surface area contributed by atoms with Crippen LogP contribution in [0, 0.1) is 0 Å². The second kappa shape index (κ2) is 14.0. The van der Waals surface area contributed by atoms with Crippen LogP contribution in [0.2, 0.25) is 0 Å². The van der Waals surface area contributed by atoms with Crippen molar-refractivity contribution in [2.75, 3.05) is 32.8 Å². The molecule has 8 nitrogen and oxygen atoms in total. The Morgan fingerprint density at radius 3 is 2.16 bits per heavy atom. The number of hydrogen-bond acceptors (Lipinski definition) is 7. The number of benzene rings is 2. The maximum atomic E-state index is 14.2. The fourth-order valence-electron chi connectivity index (χ4n) is 5.71. The number of hydrogen-bond donors (Lipinski definition) is 0. The van der Waals surface area contributed by atoms with Gasteiger partial charge in [0.1, 0.15) is 17.1 Å². The summed E-state index contributed by atoms with van der Waals surface area (Å²) in [7, 11) is 0. The van der Waals surface area contributed by atoms with E-state index in [9.17, 15) is 4.79 Å². The highest BCUT2D eigenvalue weighted by atomic mass is 16.5. The van der Waals surface area contributed by atoms with Gasteiger partial charge in [-0.25, -0.2) is 0 Å². The van der Waals surface area contributed by atoms with Crippen LogP contribution in [0.15, 0.2) is 40.9 Å². The average molecular weight is 620 g/mol. The van der Waals surface area contributed by atoms with Crippen LogP contribution in [0.5, 0.6) is 11.5 Å². The molecule has 1 aliphatic rings. The summed E-state index contributed by atoms with van der Waals surface area (Å²) < 4.78 is 24.5. The molecular formula is C37H53N3O5. The molecule has 1 amide bonds. The molecule has 4 rings (SSSR count). The number of ether oxygens (including phenoxy) is 3. The van der Waals surface area contributed by atoms with E-state index in [-0.39, 0.29) is 17.9 Å². The highest BCUT2D eigenvalue weighted by Crippen LogP contribution is 2.45. The summed E-state index contributed by atoms with van der Waals surface area (Å²) in [5.74, 6) is 1.89. The fourth-order valence-corrected chi connectivity index (χ4v) is 5.71. The van der Waals surface area contributed by atoms with Crippen molar-refractivity contribution in [1.29, 1.82) is 0 Å². The van der Waals surface area contributed by atoms with Gasteiger partial charge in [0.15, 0.2) is 11.5 Å². The Morgan fingerprint density at radius 2 is 1.62 bits per heavy atom. The fraction of sp³-hybridized carbons (Fsp3) is 0.568. The van der Waals surface area contributed by atoms with Crippen molar-refractivity contribution in [2.45, 2.75) is 106 Å². The lowest BCUT2D eigenvalue weighted by Gasteiger charge is -2.34. The van der Waals surface area contributed by atoms with Gasteiger partial charge in [-0.2, -0.15) is 0 Å². The van der Waals surface area contributed by atoms with Crippen LogP contribution >= 0.6 is 0 Å². The van der Waals surface area contributed by atoms with Crippen LogP contribution in [-0.2, 0) is 11.3 Å². The Bertz CT molecular complexity index is 1440. The largest absolute Gasteiger partial charge is 0.490 e. The highest BCUT2D eigenvalue weighted by Gasteiger charge is 2.34. The SMILES string of the molecule is CCN(C(=O)c1noc(-c2cc(C(C)C)c(OC(C)(C)C)cc2OC(C)C)c1-c1ccc(CN2CCOCC2)cc1)C(C)(C)C. The van der Waals surface area contributed by atoms with Gasteiger partial charge < -0.3 is 23.6 Å². The zero-order valence-corrected chi connectivity index (χ0v) is 29.2. The van der Waals surface area contributed by atoms with E-state index in [0.29, 0.717) is 29.3 Å². The zero-order chi connectivity index (χ0) is 33.1. The number of nitrogens with zero attached hydrogens (tertiary/aromatic N) is 3. The molecule has 2 aromatic carbocycles. The highest BCUT2D eigenvalue weighted by molar-refractivity contribution is 6.03. The van der Waals surface area contributed by atoms with Gasteiger partial charge in [-0.05, 0) is 91.0 Å². The van der Waals surface area contributed by atoms with Crippen LogP contribution < -0.4 is 9.47 Å². The first kappa shape index (κ1) is 34.5. The van der Waals surface area contributed by atoms with Crippen LogP contribution in [-0.4, -0.2) is 71.0 Å². The number of carbonyl (C=O) groups excluding carboxylic acids is 1. The van der Waals surface area contributed by atoms with Crippen LogP contribution in [0.1, 0.15) is 104 Å². The summed E-state index contributed by atoms with van der Waals surface area (Å²) in [6.07, 6.45) is -0.0976. The predicted molar refractivity (Wildman–Crippen MR) is 180 cm³/mol. The number of morpholine rings is 1. The lowest BCUT2D eigenvalue weighted by molar-refractivity contribution is 0.0342. The standard InChI is InChI=1S/C37H53N3O5/c1-12-40(36(6,7)8)35(41)33-32(27-15-13-26(14-16-27)23-39-17-19-42-20-18-39)34(45-38-33)29-21-28(24(2)3)31(44-37(9,10)11)22-30(29)43-25(4)5/h13-16,21-22,24-25H,12,17-20,23H2,1-11H3. The summed E-state index contributed by atoms with van der Waals surface area (Å²) in [4.78, 5) is 18.4. The van der Waals surface area contributed by atoms with E-state index in [2.05, 4.69) is 54.2 Å². The summed E-state index contributed by atoms with van der Waals surface area (Å²) >= 11 is 0. The predicted octanol–water partition coefficient (Wildman–Crippen LogP) is 8.19. The summed E-state index contributed by atoms with van der Waals surface area (Å²) in [6, 6.07) is 12.4. The summed E-state index contributed by atoms with van der Waals surface area (Å²) in [5.41, 5.74) is 3.99. The number of rotatable bonds is 10. The third-order valence-electron chi connectivity index (χ3n) is 7.78. The van der Waals surface area contributed by atoms with Gasteiger partial charge in [0.05, 0.1) is 30.4 Å². The second-order valence-corrected chi connectivity index (χ2v) is 14.5. The Balaban J connectivity index is 1.91. The number of carbonyl (C=O) groups is 1. The van der Waals surface area contributed by atoms with Crippen molar-refractivity contribution in [1.82, 2.24) is 15.0 Å². The minimum atomic E-state index is -0.396. The van der Waals surface area contributed by atoms with E-state index in [1.54, 1.807) is 0 Å². The van der Waals surface area contributed by atoms with Crippen molar-refractivity contribution >= 4 is 5.91 Å². The molecule has 45 heavy (non-hydrogen) atoms. The van der Waals surface area contributed by atoms with Crippen LogP contribution in [0.4, 0.5) is 0 Å². The van der Waals surface area contributed by atoms with Crippen molar-refractivity contribution in [3.63, 3.8) is 0 Å². The van der Waals surface area contributed by atoms with Crippen molar-refractivity contribution < 1.29 is 23.5 Å². The lowest BCUT2D eigenvalue weighted by Crippen LogP contribution is -2.45.